The largest absolute Gasteiger partial charge is 0.466 e. The van der Waals surface area contributed by atoms with E-state index >= 15 is 0 Å². The Morgan fingerprint density at radius 2 is 1.76 bits per heavy atom. The number of nitrogens with one attached hydrogen (secondary N) is 1. The molecule has 3 aromatic rings. The predicted octanol–water partition coefficient (Wildman–Crippen LogP) is 3.35. The third-order valence-corrected chi connectivity index (χ3v) is 4.03. The van der Waals surface area contributed by atoms with Gasteiger partial charge < -0.3 is 19.3 Å². The molecule has 1 heterocycles. The van der Waals surface area contributed by atoms with Gasteiger partial charge in [-0.05, 0) is 19.1 Å². The van der Waals surface area contributed by atoms with Crippen molar-refractivity contribution in [2.24, 2.45) is 0 Å². The van der Waals surface area contributed by atoms with Crippen LogP contribution in [0.15, 0.2) is 64.8 Å². The summed E-state index contributed by atoms with van der Waals surface area (Å²) in [5.74, 6) is -0.732. The molecular weight excluding hydrogens is 374 g/mol. The van der Waals surface area contributed by atoms with Gasteiger partial charge in [-0.1, -0.05) is 47.1 Å². The first-order valence-corrected chi connectivity index (χ1v) is 8.67. The molecule has 29 heavy (non-hydrogen) atoms. The molecule has 0 aliphatic rings. The van der Waals surface area contributed by atoms with Crippen molar-refractivity contribution < 1.29 is 23.6 Å². The van der Waals surface area contributed by atoms with E-state index in [0.29, 0.717) is 17.1 Å². The number of hydrogen-bond donors (Lipinski definition) is 1. The van der Waals surface area contributed by atoms with E-state index in [9.17, 15) is 9.59 Å². The molecule has 0 spiro atoms. The number of aryl methyl sites for hydroxylation is 1. The zero-order valence-electron chi connectivity index (χ0n) is 16.1. The fraction of sp³-hybridized carbons (Fsp3) is 0.143. The molecule has 3 rings (SSSR count). The normalized spacial score (nSPS) is 11.1. The molecule has 0 aliphatic heterocycles. The molecule has 1 aromatic heterocycles. The van der Waals surface area contributed by atoms with E-state index in [0.717, 1.165) is 17.2 Å². The monoisotopic (exact) mass is 393 g/mol. The number of benzene rings is 2. The van der Waals surface area contributed by atoms with Gasteiger partial charge in [-0.3, -0.25) is 0 Å². The van der Waals surface area contributed by atoms with Crippen molar-refractivity contribution in [1.29, 1.82) is 0 Å². The van der Waals surface area contributed by atoms with Crippen LogP contribution < -0.4 is 5.32 Å². The Hall–Kier alpha value is -3.94. The molecule has 0 aliphatic carbocycles. The molecule has 2 aromatic carbocycles. The number of esters is 2. The molecule has 0 amide bonds. The SMILES string of the molecule is COC(=O)/C=C(/Nc1ccccc1-c1nc(-c2ccc(C)cc2)no1)C(=O)OC. The third-order valence-electron chi connectivity index (χ3n) is 4.03. The fourth-order valence-electron chi connectivity index (χ4n) is 2.51. The molecule has 1 N–H and O–H groups in total. The minimum atomic E-state index is -0.726. The maximum absolute atomic E-state index is 12.0. The summed E-state index contributed by atoms with van der Waals surface area (Å²) in [5, 5.41) is 6.91. The Morgan fingerprint density at radius 1 is 1.03 bits per heavy atom. The Kier molecular flexibility index (Phi) is 6.03. The molecule has 8 heteroatoms. The Balaban J connectivity index is 1.95. The first kappa shape index (κ1) is 19.8. The van der Waals surface area contributed by atoms with Crippen LogP contribution in [0.5, 0.6) is 0 Å². The van der Waals surface area contributed by atoms with Crippen LogP contribution in [0.2, 0.25) is 0 Å². The predicted molar refractivity (Wildman–Crippen MR) is 106 cm³/mol. The summed E-state index contributed by atoms with van der Waals surface area (Å²) in [6.07, 6.45) is 1.01. The van der Waals surface area contributed by atoms with E-state index < -0.39 is 11.9 Å². The molecule has 8 nitrogen and oxygen atoms in total. The van der Waals surface area contributed by atoms with E-state index in [-0.39, 0.29) is 11.6 Å². The highest BCUT2D eigenvalue weighted by Gasteiger charge is 2.18. The Bertz CT molecular complexity index is 1050. The van der Waals surface area contributed by atoms with Crippen LogP contribution in [-0.2, 0) is 19.1 Å². The molecule has 0 saturated heterocycles. The Labute approximate surface area is 167 Å². The number of anilines is 1. The van der Waals surface area contributed by atoms with Crippen LogP contribution in [0.3, 0.4) is 0 Å². The number of nitrogens with zero attached hydrogens (tertiary/aromatic N) is 2. The van der Waals surface area contributed by atoms with Gasteiger partial charge in [0.15, 0.2) is 0 Å². The average Bonchev–Trinajstić information content (AvgIpc) is 3.23. The number of carbonyl (C=O) groups excluding carboxylic acids is 2. The molecular formula is C21H19N3O5. The molecule has 148 valence electrons. The van der Waals surface area contributed by atoms with Crippen LogP contribution in [0.1, 0.15) is 5.56 Å². The zero-order chi connectivity index (χ0) is 20.8. The lowest BCUT2D eigenvalue weighted by atomic mass is 10.1. The lowest BCUT2D eigenvalue weighted by Gasteiger charge is -2.11. The summed E-state index contributed by atoms with van der Waals surface area (Å²) < 4.78 is 14.7. The first-order chi connectivity index (χ1) is 14.0. The van der Waals surface area contributed by atoms with E-state index in [1.165, 1.54) is 14.2 Å². The fourth-order valence-corrected chi connectivity index (χ4v) is 2.51. The molecule has 0 fully saturated rings. The van der Waals surface area contributed by atoms with Gasteiger partial charge in [-0.2, -0.15) is 4.98 Å². The number of ether oxygens (including phenoxy) is 2. The molecule has 0 radical (unpaired) electrons. The van der Waals surface area contributed by atoms with Gasteiger partial charge in [0, 0.05) is 5.56 Å². The number of rotatable bonds is 6. The standard InChI is InChI=1S/C21H19N3O5/c1-13-8-10-14(11-9-13)19-23-20(29-24-19)15-6-4-5-7-16(15)22-17(21(26)28-3)12-18(25)27-2/h4-12,22H,1-3H3/b17-12+. The quantitative estimate of drug-likeness (QED) is 0.502. The van der Waals surface area contributed by atoms with Crippen LogP contribution in [-0.4, -0.2) is 36.3 Å². The lowest BCUT2D eigenvalue weighted by molar-refractivity contribution is -0.138. The minimum absolute atomic E-state index is 0.0925. The third kappa shape index (κ3) is 4.67. The summed E-state index contributed by atoms with van der Waals surface area (Å²) in [6, 6.07) is 14.7. The van der Waals surface area contributed by atoms with E-state index in [1.807, 2.05) is 31.2 Å². The summed E-state index contributed by atoms with van der Waals surface area (Å²) in [6.45, 7) is 1.99. The second-order valence-corrected chi connectivity index (χ2v) is 6.03. The van der Waals surface area contributed by atoms with Gasteiger partial charge in [0.2, 0.25) is 5.82 Å². The number of aromatic nitrogens is 2. The van der Waals surface area contributed by atoms with Gasteiger partial charge in [0.1, 0.15) is 5.70 Å². The Morgan fingerprint density at radius 3 is 2.45 bits per heavy atom. The van der Waals surface area contributed by atoms with Gasteiger partial charge in [0.25, 0.3) is 5.89 Å². The summed E-state index contributed by atoms with van der Waals surface area (Å²) in [4.78, 5) is 28.1. The molecule has 0 unspecified atom stereocenters. The second-order valence-electron chi connectivity index (χ2n) is 6.03. The maximum Gasteiger partial charge on any atom is 0.354 e. The lowest BCUT2D eigenvalue weighted by Crippen LogP contribution is -2.15. The number of carbonyl (C=O) groups is 2. The van der Waals surface area contributed by atoms with Gasteiger partial charge >= 0.3 is 11.9 Å². The van der Waals surface area contributed by atoms with Crippen LogP contribution in [0, 0.1) is 6.92 Å². The molecule has 0 atom stereocenters. The maximum atomic E-state index is 12.0. The van der Waals surface area contributed by atoms with Gasteiger partial charge in [-0.15, -0.1) is 0 Å². The van der Waals surface area contributed by atoms with E-state index in [2.05, 4.69) is 20.2 Å². The number of hydrogen-bond acceptors (Lipinski definition) is 8. The summed E-state index contributed by atoms with van der Waals surface area (Å²) in [5.41, 5.74) is 2.88. The van der Waals surface area contributed by atoms with E-state index in [4.69, 9.17) is 9.26 Å². The highest BCUT2D eigenvalue weighted by atomic mass is 16.5. The zero-order valence-corrected chi connectivity index (χ0v) is 16.1. The number of methoxy groups -OCH3 is 2. The van der Waals surface area contributed by atoms with Crippen molar-refractivity contribution >= 4 is 17.6 Å². The van der Waals surface area contributed by atoms with Crippen LogP contribution in [0.25, 0.3) is 22.8 Å². The van der Waals surface area contributed by atoms with Crippen molar-refractivity contribution in [3.05, 3.63) is 65.9 Å². The van der Waals surface area contributed by atoms with Crippen molar-refractivity contribution in [2.45, 2.75) is 6.92 Å². The van der Waals surface area contributed by atoms with Crippen molar-refractivity contribution in [3.63, 3.8) is 0 Å². The van der Waals surface area contributed by atoms with Gasteiger partial charge in [0.05, 0.1) is 31.5 Å². The first-order valence-electron chi connectivity index (χ1n) is 8.67. The molecule has 0 bridgehead atoms. The summed E-state index contributed by atoms with van der Waals surface area (Å²) >= 11 is 0. The van der Waals surface area contributed by atoms with E-state index in [1.54, 1.807) is 24.3 Å². The van der Waals surface area contributed by atoms with Gasteiger partial charge in [-0.25, -0.2) is 9.59 Å². The van der Waals surface area contributed by atoms with Crippen LogP contribution >= 0.6 is 0 Å². The second kappa shape index (κ2) is 8.83. The summed E-state index contributed by atoms with van der Waals surface area (Å²) in [7, 11) is 2.43. The van der Waals surface area contributed by atoms with Crippen molar-refractivity contribution in [3.8, 4) is 22.8 Å². The van der Waals surface area contributed by atoms with Crippen LogP contribution in [0.4, 0.5) is 5.69 Å². The van der Waals surface area contributed by atoms with Crippen molar-refractivity contribution in [1.82, 2.24) is 10.1 Å². The highest BCUT2D eigenvalue weighted by molar-refractivity contribution is 5.99. The minimum Gasteiger partial charge on any atom is -0.466 e. The average molecular weight is 393 g/mol. The topological polar surface area (TPSA) is 104 Å². The number of para-hydroxylation sites is 1. The highest BCUT2D eigenvalue weighted by Crippen LogP contribution is 2.29. The van der Waals surface area contributed by atoms with Crippen molar-refractivity contribution in [2.75, 3.05) is 19.5 Å². The smallest absolute Gasteiger partial charge is 0.354 e. The molecule has 0 saturated carbocycles.